The highest BCUT2D eigenvalue weighted by molar-refractivity contribution is 6.30. The Morgan fingerprint density at radius 1 is 1.23 bits per heavy atom. The van der Waals surface area contributed by atoms with Crippen LogP contribution in [0.25, 0.3) is 6.08 Å². The van der Waals surface area contributed by atoms with Crippen molar-refractivity contribution in [3.8, 4) is 11.5 Å². The van der Waals surface area contributed by atoms with Gasteiger partial charge in [0.05, 0.1) is 12.2 Å². The van der Waals surface area contributed by atoms with Crippen LogP contribution in [0.2, 0.25) is 5.02 Å². The number of Topliss-reactive ketones (excluding diaryl/α,β-unsaturated/α-hetero) is 1. The van der Waals surface area contributed by atoms with E-state index in [2.05, 4.69) is 0 Å². The predicted molar refractivity (Wildman–Crippen MR) is 97.7 cm³/mol. The van der Waals surface area contributed by atoms with Crippen LogP contribution in [0.4, 0.5) is 0 Å². The van der Waals surface area contributed by atoms with Crippen molar-refractivity contribution in [3.63, 3.8) is 0 Å². The van der Waals surface area contributed by atoms with Crippen LogP contribution in [0, 0.1) is 6.92 Å². The fourth-order valence-corrected chi connectivity index (χ4v) is 2.74. The molecular weight excluding hydrogens is 356 g/mol. The average molecular weight is 373 g/mol. The zero-order chi connectivity index (χ0) is 18.7. The van der Waals surface area contributed by atoms with Crippen LogP contribution in [0.15, 0.2) is 42.2 Å². The molecule has 0 aromatic heterocycles. The summed E-state index contributed by atoms with van der Waals surface area (Å²) < 4.78 is 16.0. The first-order valence-corrected chi connectivity index (χ1v) is 8.48. The van der Waals surface area contributed by atoms with E-state index >= 15 is 0 Å². The second-order valence-electron chi connectivity index (χ2n) is 5.70. The Hall–Kier alpha value is -2.79. The molecule has 0 bridgehead atoms. The fraction of sp³-hybridized carbons (Fsp3) is 0.200. The molecule has 2 aromatic rings. The number of ketones is 1. The van der Waals surface area contributed by atoms with E-state index in [0.717, 1.165) is 5.56 Å². The minimum absolute atomic E-state index is 0.190. The summed E-state index contributed by atoms with van der Waals surface area (Å²) in [5, 5.41) is 0.619. The van der Waals surface area contributed by atoms with Crippen molar-refractivity contribution in [1.29, 1.82) is 0 Å². The van der Waals surface area contributed by atoms with Gasteiger partial charge in [-0.25, -0.2) is 4.79 Å². The van der Waals surface area contributed by atoms with Crippen molar-refractivity contribution in [2.24, 2.45) is 0 Å². The monoisotopic (exact) mass is 372 g/mol. The quantitative estimate of drug-likeness (QED) is 0.581. The van der Waals surface area contributed by atoms with E-state index in [1.807, 2.05) is 0 Å². The Bertz CT molecular complexity index is 884. The third-order valence-corrected chi connectivity index (χ3v) is 4.03. The maximum Gasteiger partial charge on any atom is 0.344 e. The van der Waals surface area contributed by atoms with Crippen LogP contribution in [0.1, 0.15) is 28.4 Å². The first kappa shape index (κ1) is 18.0. The third kappa shape index (κ3) is 3.89. The fourth-order valence-electron chi connectivity index (χ4n) is 2.62. The smallest absolute Gasteiger partial charge is 0.344 e. The zero-order valence-electron chi connectivity index (χ0n) is 14.4. The third-order valence-electron chi connectivity index (χ3n) is 3.77. The van der Waals surface area contributed by atoms with Crippen molar-refractivity contribution in [2.45, 2.75) is 13.8 Å². The van der Waals surface area contributed by atoms with Crippen LogP contribution in [-0.4, -0.2) is 25.0 Å². The molecule has 0 fully saturated rings. The van der Waals surface area contributed by atoms with Crippen molar-refractivity contribution in [1.82, 2.24) is 0 Å². The lowest BCUT2D eigenvalue weighted by Gasteiger charge is -2.08. The molecule has 1 heterocycles. The molecule has 0 atom stereocenters. The van der Waals surface area contributed by atoms with Gasteiger partial charge in [0, 0.05) is 11.1 Å². The molecule has 0 amide bonds. The van der Waals surface area contributed by atoms with Gasteiger partial charge in [0.25, 0.3) is 0 Å². The second kappa shape index (κ2) is 7.62. The summed E-state index contributed by atoms with van der Waals surface area (Å²) in [6.45, 7) is 3.61. The van der Waals surface area contributed by atoms with E-state index in [9.17, 15) is 9.59 Å². The highest BCUT2D eigenvalue weighted by Gasteiger charge is 2.30. The molecule has 0 saturated carbocycles. The number of allylic oxidation sites excluding steroid dienone is 1. The zero-order valence-corrected chi connectivity index (χ0v) is 15.1. The maximum absolute atomic E-state index is 12.6. The number of rotatable bonds is 5. The highest BCUT2D eigenvalue weighted by atomic mass is 35.5. The Morgan fingerprint density at radius 2 is 1.96 bits per heavy atom. The molecular formula is C20H17ClO5. The van der Waals surface area contributed by atoms with Crippen molar-refractivity contribution in [3.05, 3.63) is 63.9 Å². The molecule has 0 radical (unpaired) electrons. The second-order valence-corrected chi connectivity index (χ2v) is 6.13. The number of carbonyl (C=O) groups is 2. The molecule has 2 aromatic carbocycles. The number of benzene rings is 2. The summed E-state index contributed by atoms with van der Waals surface area (Å²) in [6.07, 6.45) is 1.66. The molecule has 0 N–H and O–H groups in total. The van der Waals surface area contributed by atoms with E-state index in [-0.39, 0.29) is 18.1 Å². The van der Waals surface area contributed by atoms with E-state index in [4.69, 9.17) is 25.8 Å². The maximum atomic E-state index is 12.6. The van der Waals surface area contributed by atoms with E-state index in [1.165, 1.54) is 0 Å². The Kier molecular flexibility index (Phi) is 5.28. The van der Waals surface area contributed by atoms with Gasteiger partial charge in [-0.3, -0.25) is 4.79 Å². The number of halogens is 1. The molecule has 0 saturated heterocycles. The number of ether oxygens (including phenoxy) is 3. The number of hydrogen-bond acceptors (Lipinski definition) is 5. The summed E-state index contributed by atoms with van der Waals surface area (Å²) in [5.41, 5.74) is 2.02. The Balaban J connectivity index is 1.81. The summed E-state index contributed by atoms with van der Waals surface area (Å²) in [6, 6.07) is 10.4. The standard InChI is InChI=1S/C20H17ClO5/c1-3-24-18(22)11-25-15-8-12(2)19-16(10-15)26-17(20(19)23)9-13-4-6-14(21)7-5-13/h4-10H,3,11H2,1-2H3/b17-9-. The molecule has 0 spiro atoms. The van der Waals surface area contributed by atoms with Gasteiger partial charge in [0.15, 0.2) is 12.4 Å². The Morgan fingerprint density at radius 3 is 2.65 bits per heavy atom. The van der Waals surface area contributed by atoms with Gasteiger partial charge in [0.2, 0.25) is 5.78 Å². The number of carbonyl (C=O) groups excluding carboxylic acids is 2. The summed E-state index contributed by atoms with van der Waals surface area (Å²) >= 11 is 5.87. The van der Waals surface area contributed by atoms with Crippen molar-refractivity contribution < 1.29 is 23.8 Å². The molecule has 134 valence electrons. The molecule has 5 nitrogen and oxygen atoms in total. The van der Waals surface area contributed by atoms with Crippen molar-refractivity contribution >= 4 is 29.4 Å². The number of hydrogen-bond donors (Lipinski definition) is 0. The predicted octanol–water partition coefficient (Wildman–Crippen LogP) is 4.21. The summed E-state index contributed by atoms with van der Waals surface area (Å²) in [5.74, 6) is 0.437. The minimum Gasteiger partial charge on any atom is -0.482 e. The molecule has 0 unspecified atom stereocenters. The Labute approximate surface area is 156 Å². The normalized spacial score (nSPS) is 14.1. The average Bonchev–Trinajstić information content (AvgIpc) is 2.91. The molecule has 0 aliphatic carbocycles. The van der Waals surface area contributed by atoms with Crippen LogP contribution >= 0.6 is 11.6 Å². The van der Waals surface area contributed by atoms with Crippen LogP contribution in [-0.2, 0) is 9.53 Å². The lowest BCUT2D eigenvalue weighted by molar-refractivity contribution is -0.145. The highest BCUT2D eigenvalue weighted by Crippen LogP contribution is 2.37. The molecule has 6 heteroatoms. The van der Waals surface area contributed by atoms with E-state index in [0.29, 0.717) is 34.3 Å². The van der Waals surface area contributed by atoms with Gasteiger partial charge in [-0.2, -0.15) is 0 Å². The molecule has 26 heavy (non-hydrogen) atoms. The number of aryl methyl sites for hydroxylation is 1. The van der Waals surface area contributed by atoms with Gasteiger partial charge in [0.1, 0.15) is 11.5 Å². The number of fused-ring (bicyclic) bond motifs is 1. The first-order chi connectivity index (χ1) is 12.5. The molecule has 3 rings (SSSR count). The topological polar surface area (TPSA) is 61.8 Å². The number of esters is 1. The summed E-state index contributed by atoms with van der Waals surface area (Å²) in [7, 11) is 0. The largest absolute Gasteiger partial charge is 0.482 e. The van der Waals surface area contributed by atoms with Gasteiger partial charge in [-0.05, 0) is 49.2 Å². The van der Waals surface area contributed by atoms with Crippen LogP contribution in [0.5, 0.6) is 11.5 Å². The van der Waals surface area contributed by atoms with E-state index in [1.54, 1.807) is 56.3 Å². The molecule has 1 aliphatic rings. The van der Waals surface area contributed by atoms with Gasteiger partial charge >= 0.3 is 5.97 Å². The summed E-state index contributed by atoms with van der Waals surface area (Å²) in [4.78, 5) is 24.0. The lowest BCUT2D eigenvalue weighted by atomic mass is 10.0. The van der Waals surface area contributed by atoms with Crippen LogP contribution < -0.4 is 9.47 Å². The molecule has 1 aliphatic heterocycles. The van der Waals surface area contributed by atoms with Gasteiger partial charge < -0.3 is 14.2 Å². The first-order valence-electron chi connectivity index (χ1n) is 8.11. The van der Waals surface area contributed by atoms with Crippen LogP contribution in [0.3, 0.4) is 0 Å². The van der Waals surface area contributed by atoms with Gasteiger partial charge in [-0.1, -0.05) is 23.7 Å². The van der Waals surface area contributed by atoms with Crippen molar-refractivity contribution in [2.75, 3.05) is 13.2 Å². The minimum atomic E-state index is -0.453. The van der Waals surface area contributed by atoms with Gasteiger partial charge in [-0.15, -0.1) is 0 Å². The lowest BCUT2D eigenvalue weighted by Crippen LogP contribution is -2.14. The van der Waals surface area contributed by atoms with E-state index < -0.39 is 5.97 Å². The SMILES string of the molecule is CCOC(=O)COc1cc(C)c2c(c1)O/C(=C\c1ccc(Cl)cc1)C2=O.